The zero-order chi connectivity index (χ0) is 8.77. The quantitative estimate of drug-likeness (QED) is 0.597. The number of hydrogen-bond donors (Lipinski definition) is 0. The first-order valence-electron chi connectivity index (χ1n) is 4.58. The van der Waals surface area contributed by atoms with Crippen LogP contribution in [0, 0.1) is 5.41 Å². The van der Waals surface area contributed by atoms with Crippen LogP contribution in [-0.4, -0.2) is 30.2 Å². The summed E-state index contributed by atoms with van der Waals surface area (Å²) in [5, 5.41) is 0. The van der Waals surface area contributed by atoms with Gasteiger partial charge in [0.15, 0.2) is 0 Å². The molecule has 2 heterocycles. The maximum Gasteiger partial charge on any atom is 0.410 e. The molecule has 2 aliphatic heterocycles. The van der Waals surface area contributed by atoms with Gasteiger partial charge in [0.2, 0.25) is 0 Å². The fourth-order valence-electron chi connectivity index (χ4n) is 2.39. The first-order valence-corrected chi connectivity index (χ1v) is 4.58. The normalized spacial score (nSPS) is 37.8. The lowest BCUT2D eigenvalue weighted by Gasteiger charge is -2.32. The second-order valence-electron chi connectivity index (χ2n) is 4.20. The Morgan fingerprint density at radius 1 is 1.67 bits per heavy atom. The number of fused-ring (bicyclic) bond motifs is 1. The van der Waals surface area contributed by atoms with Gasteiger partial charge in [-0.1, -0.05) is 6.92 Å². The van der Waals surface area contributed by atoms with Crippen LogP contribution in [0.1, 0.15) is 26.7 Å². The highest BCUT2D eigenvalue weighted by atomic mass is 16.6. The van der Waals surface area contributed by atoms with Gasteiger partial charge in [-0.3, -0.25) is 0 Å². The molecule has 1 amide bonds. The Morgan fingerprint density at radius 3 is 2.75 bits per heavy atom. The van der Waals surface area contributed by atoms with Crippen LogP contribution in [-0.2, 0) is 4.74 Å². The van der Waals surface area contributed by atoms with Crippen LogP contribution in [0.25, 0.3) is 0 Å². The summed E-state index contributed by atoms with van der Waals surface area (Å²) in [6.45, 7) is 5.47. The summed E-state index contributed by atoms with van der Waals surface area (Å²) >= 11 is 0. The van der Waals surface area contributed by atoms with Crippen LogP contribution < -0.4 is 0 Å². The van der Waals surface area contributed by atoms with Crippen LogP contribution >= 0.6 is 0 Å². The van der Waals surface area contributed by atoms with Gasteiger partial charge in [-0.2, -0.15) is 0 Å². The Labute approximate surface area is 72.7 Å². The van der Waals surface area contributed by atoms with E-state index in [4.69, 9.17) is 4.74 Å². The number of ether oxygens (including phenoxy) is 1. The number of nitrogens with zero attached hydrogens (tertiary/aromatic N) is 1. The van der Waals surface area contributed by atoms with Crippen molar-refractivity contribution in [2.75, 3.05) is 13.2 Å². The topological polar surface area (TPSA) is 29.5 Å². The molecule has 0 aromatic carbocycles. The van der Waals surface area contributed by atoms with Gasteiger partial charge >= 0.3 is 6.09 Å². The predicted molar refractivity (Wildman–Crippen MR) is 44.9 cm³/mol. The molecule has 2 saturated heterocycles. The van der Waals surface area contributed by atoms with Crippen LogP contribution in [0.2, 0.25) is 0 Å². The fraction of sp³-hybridized carbons (Fsp3) is 0.889. The first kappa shape index (κ1) is 7.90. The van der Waals surface area contributed by atoms with Crippen LogP contribution in [0.3, 0.4) is 0 Å². The molecule has 0 atom stereocenters. The summed E-state index contributed by atoms with van der Waals surface area (Å²) in [4.78, 5) is 13.2. The molecule has 3 fully saturated rings. The number of rotatable bonds is 1. The van der Waals surface area contributed by atoms with E-state index < -0.39 is 0 Å². The van der Waals surface area contributed by atoms with Crippen molar-refractivity contribution < 1.29 is 9.53 Å². The molecule has 3 aliphatic rings. The molecular formula is C9H15NO2. The zero-order valence-electron chi connectivity index (χ0n) is 7.67. The van der Waals surface area contributed by atoms with Gasteiger partial charge in [-0.05, 0) is 25.2 Å². The summed E-state index contributed by atoms with van der Waals surface area (Å²) in [5.41, 5.74) is 0.414. The number of carbonyl (C=O) groups excluding carboxylic acids is 1. The number of carbonyl (C=O) groups is 1. The maximum absolute atomic E-state index is 11.3. The zero-order valence-corrected chi connectivity index (χ0v) is 7.67. The largest absolute Gasteiger partial charge is 0.450 e. The summed E-state index contributed by atoms with van der Waals surface area (Å²) in [5.74, 6) is 0. The van der Waals surface area contributed by atoms with Crippen molar-refractivity contribution in [1.82, 2.24) is 4.90 Å². The van der Waals surface area contributed by atoms with Crippen LogP contribution in [0.5, 0.6) is 0 Å². The molecule has 0 aromatic heterocycles. The minimum Gasteiger partial charge on any atom is -0.450 e. The van der Waals surface area contributed by atoms with Crippen LogP contribution in [0.4, 0.5) is 4.79 Å². The van der Waals surface area contributed by atoms with E-state index in [1.807, 2.05) is 11.8 Å². The number of hydrogen-bond acceptors (Lipinski definition) is 2. The van der Waals surface area contributed by atoms with Crippen molar-refractivity contribution in [2.24, 2.45) is 5.41 Å². The molecule has 12 heavy (non-hydrogen) atoms. The lowest BCUT2D eigenvalue weighted by molar-refractivity contribution is 0.104. The summed E-state index contributed by atoms with van der Waals surface area (Å²) in [6.07, 6.45) is 2.22. The first-order chi connectivity index (χ1) is 5.64. The van der Waals surface area contributed by atoms with Gasteiger partial charge in [0.25, 0.3) is 0 Å². The molecule has 3 nitrogen and oxygen atoms in total. The van der Waals surface area contributed by atoms with Crippen molar-refractivity contribution >= 4 is 6.09 Å². The van der Waals surface area contributed by atoms with E-state index >= 15 is 0 Å². The average molecular weight is 169 g/mol. The Morgan fingerprint density at radius 2 is 2.33 bits per heavy atom. The molecule has 1 aliphatic carbocycles. The standard InChI is InChI=1S/C9H15NO2/c1-3-12-8(11)10-6-9(2)4-7(10)5-9/h7H,3-6H2,1-2H3. The molecule has 3 heteroatoms. The second kappa shape index (κ2) is 2.38. The molecule has 1 saturated carbocycles. The van der Waals surface area contributed by atoms with Gasteiger partial charge in [0.05, 0.1) is 6.61 Å². The second-order valence-corrected chi connectivity index (χ2v) is 4.20. The highest BCUT2D eigenvalue weighted by Gasteiger charge is 2.53. The van der Waals surface area contributed by atoms with Crippen molar-refractivity contribution in [2.45, 2.75) is 32.7 Å². The third kappa shape index (κ3) is 0.993. The van der Waals surface area contributed by atoms with E-state index in [0.29, 0.717) is 18.1 Å². The summed E-state index contributed by atoms with van der Waals surface area (Å²) in [6, 6.07) is 0.481. The van der Waals surface area contributed by atoms with E-state index in [9.17, 15) is 4.79 Å². The van der Waals surface area contributed by atoms with Crippen molar-refractivity contribution in [3.8, 4) is 0 Å². The molecular weight excluding hydrogens is 154 g/mol. The summed E-state index contributed by atoms with van der Waals surface area (Å²) in [7, 11) is 0. The molecule has 0 unspecified atom stereocenters. The SMILES string of the molecule is CCOC(=O)N1CC2(C)CC1C2. The Hall–Kier alpha value is -0.730. The Balaban J connectivity index is 1.95. The molecule has 3 rings (SSSR count). The molecule has 0 N–H and O–H groups in total. The Kier molecular flexibility index (Phi) is 1.56. The molecule has 68 valence electrons. The summed E-state index contributed by atoms with van der Waals surface area (Å²) < 4.78 is 4.95. The highest BCUT2D eigenvalue weighted by molar-refractivity contribution is 5.69. The Bertz CT molecular complexity index is 209. The monoisotopic (exact) mass is 169 g/mol. The average Bonchev–Trinajstić information content (AvgIpc) is 2.41. The molecule has 0 radical (unpaired) electrons. The van der Waals surface area contributed by atoms with Crippen molar-refractivity contribution in [3.63, 3.8) is 0 Å². The molecule has 2 bridgehead atoms. The smallest absolute Gasteiger partial charge is 0.410 e. The van der Waals surface area contributed by atoms with Crippen molar-refractivity contribution in [3.05, 3.63) is 0 Å². The molecule has 0 spiro atoms. The number of amides is 1. The fourth-order valence-corrected chi connectivity index (χ4v) is 2.39. The van der Waals surface area contributed by atoms with E-state index in [-0.39, 0.29) is 6.09 Å². The minimum absolute atomic E-state index is 0.122. The minimum atomic E-state index is -0.122. The van der Waals surface area contributed by atoms with Gasteiger partial charge in [0, 0.05) is 12.6 Å². The van der Waals surface area contributed by atoms with Gasteiger partial charge in [-0.25, -0.2) is 4.79 Å². The predicted octanol–water partition coefficient (Wildman–Crippen LogP) is 1.63. The van der Waals surface area contributed by atoms with Crippen LogP contribution in [0.15, 0.2) is 0 Å². The highest BCUT2D eigenvalue weighted by Crippen LogP contribution is 2.51. The third-order valence-electron chi connectivity index (χ3n) is 2.95. The van der Waals surface area contributed by atoms with Gasteiger partial charge in [0.1, 0.15) is 0 Å². The third-order valence-corrected chi connectivity index (χ3v) is 2.95. The van der Waals surface area contributed by atoms with E-state index in [0.717, 1.165) is 6.54 Å². The molecule has 0 aromatic rings. The van der Waals surface area contributed by atoms with Gasteiger partial charge in [-0.15, -0.1) is 0 Å². The van der Waals surface area contributed by atoms with Gasteiger partial charge < -0.3 is 9.64 Å². The van der Waals surface area contributed by atoms with E-state index in [1.54, 1.807) is 0 Å². The lowest BCUT2D eigenvalue weighted by Crippen LogP contribution is -2.35. The van der Waals surface area contributed by atoms with E-state index in [2.05, 4.69) is 6.92 Å². The van der Waals surface area contributed by atoms with Crippen molar-refractivity contribution in [1.29, 1.82) is 0 Å². The van der Waals surface area contributed by atoms with E-state index in [1.165, 1.54) is 12.8 Å². The lowest BCUT2D eigenvalue weighted by atomic mass is 9.72. The maximum atomic E-state index is 11.3.